The Labute approximate surface area is 172 Å². The molecule has 0 unspecified atom stereocenters. The topological polar surface area (TPSA) is 81.4 Å². The van der Waals surface area contributed by atoms with Crippen LogP contribution in [0.5, 0.6) is 0 Å². The molecule has 148 valence electrons. The predicted octanol–water partition coefficient (Wildman–Crippen LogP) is 4.49. The third kappa shape index (κ3) is 3.60. The minimum absolute atomic E-state index is 0.0208. The molecule has 0 amide bonds. The summed E-state index contributed by atoms with van der Waals surface area (Å²) < 4.78 is 32.1. The quantitative estimate of drug-likeness (QED) is 0.354. The Bertz CT molecular complexity index is 1420. The molecule has 0 aliphatic heterocycles. The average molecular weight is 416 g/mol. The smallest absolute Gasteiger partial charge is 0.210 e. The number of Topliss-reactive ketones (excluding diaryl/α,β-unsaturated/α-hetero) is 1. The van der Waals surface area contributed by atoms with E-state index < -0.39 is 26.0 Å². The molecule has 30 heavy (non-hydrogen) atoms. The van der Waals surface area contributed by atoms with Crippen molar-refractivity contribution in [1.29, 1.82) is 0 Å². The Balaban J connectivity index is 1.96. The number of sulfone groups is 1. The predicted molar refractivity (Wildman–Crippen MR) is 115 cm³/mol. The minimum atomic E-state index is -4.19. The first-order valence-corrected chi connectivity index (χ1v) is 10.6. The highest BCUT2D eigenvalue weighted by atomic mass is 32.2. The number of fused-ring (bicyclic) bond motifs is 1. The third-order valence-electron chi connectivity index (χ3n) is 4.60. The summed E-state index contributed by atoms with van der Waals surface area (Å²) in [5.74, 6) is -0.702. The maximum absolute atomic E-state index is 13.3. The molecule has 0 saturated carbocycles. The molecule has 0 aliphatic carbocycles. The monoisotopic (exact) mass is 416 g/mol. The van der Waals surface area contributed by atoms with Gasteiger partial charge in [0.2, 0.25) is 15.6 Å². The molecule has 3 aromatic carbocycles. The van der Waals surface area contributed by atoms with Crippen molar-refractivity contribution in [3.63, 3.8) is 0 Å². The number of rotatable bonds is 5. The fourth-order valence-electron chi connectivity index (χ4n) is 3.06. The number of hydrogen-bond acceptors (Lipinski definition) is 5. The molecule has 4 aromatic rings. The highest BCUT2D eigenvalue weighted by molar-refractivity contribution is 7.96. The average Bonchev–Trinajstić information content (AvgIpc) is 2.79. The summed E-state index contributed by atoms with van der Waals surface area (Å²) in [6.07, 6.45) is 2.26. The van der Waals surface area contributed by atoms with Gasteiger partial charge in [0, 0.05) is 5.56 Å². The molecule has 1 aromatic heterocycles. The van der Waals surface area contributed by atoms with Gasteiger partial charge in [0.1, 0.15) is 16.8 Å². The fraction of sp³-hybridized carbons (Fsp3) is 0. The second-order valence-corrected chi connectivity index (χ2v) is 8.45. The van der Waals surface area contributed by atoms with E-state index in [0.29, 0.717) is 11.0 Å². The lowest BCUT2D eigenvalue weighted by atomic mass is 10.1. The van der Waals surface area contributed by atoms with Gasteiger partial charge in [-0.15, -0.1) is 0 Å². The first-order valence-electron chi connectivity index (χ1n) is 9.10. The van der Waals surface area contributed by atoms with E-state index >= 15 is 0 Å². The maximum Gasteiger partial charge on any atom is 0.210 e. The van der Waals surface area contributed by atoms with Crippen LogP contribution in [0.4, 0.5) is 0 Å². The number of benzene rings is 3. The van der Waals surface area contributed by atoms with Gasteiger partial charge in [-0.05, 0) is 30.3 Å². The van der Waals surface area contributed by atoms with Crippen LogP contribution in [0, 0.1) is 0 Å². The first kappa shape index (κ1) is 19.5. The zero-order valence-corrected chi connectivity index (χ0v) is 16.5. The third-order valence-corrected chi connectivity index (χ3v) is 6.37. The van der Waals surface area contributed by atoms with Crippen molar-refractivity contribution >= 4 is 32.7 Å². The number of para-hydroxylation sites is 1. The van der Waals surface area contributed by atoms with Gasteiger partial charge in [-0.25, -0.2) is 8.42 Å². The molecule has 1 heterocycles. The summed E-state index contributed by atoms with van der Waals surface area (Å²) in [5, 5.41) is 0.301. The molecule has 0 aliphatic rings. The number of ketones is 1. The van der Waals surface area contributed by atoms with E-state index in [4.69, 9.17) is 4.42 Å². The van der Waals surface area contributed by atoms with Crippen LogP contribution in [-0.4, -0.2) is 14.2 Å². The molecule has 0 N–H and O–H groups in total. The molecular formula is C24H16O5S. The SMILES string of the molecule is O=C(/C(=C\c1coc2ccccc2c1=O)S(=O)(=O)c1ccccc1)c1ccccc1. The highest BCUT2D eigenvalue weighted by Crippen LogP contribution is 2.25. The summed E-state index contributed by atoms with van der Waals surface area (Å²) in [5.41, 5.74) is 0.140. The van der Waals surface area contributed by atoms with Crippen LogP contribution in [0.15, 0.2) is 110 Å². The van der Waals surface area contributed by atoms with Gasteiger partial charge in [-0.3, -0.25) is 9.59 Å². The fourth-order valence-corrected chi connectivity index (χ4v) is 4.47. The van der Waals surface area contributed by atoms with Crippen LogP contribution >= 0.6 is 0 Å². The zero-order valence-electron chi connectivity index (χ0n) is 15.7. The molecule has 0 radical (unpaired) electrons. The second-order valence-electron chi connectivity index (χ2n) is 6.54. The molecule has 0 atom stereocenters. The number of carbonyl (C=O) groups excluding carboxylic acids is 1. The van der Waals surface area contributed by atoms with Crippen LogP contribution in [0.25, 0.3) is 17.0 Å². The van der Waals surface area contributed by atoms with Gasteiger partial charge in [0.05, 0.1) is 15.8 Å². The van der Waals surface area contributed by atoms with E-state index in [9.17, 15) is 18.0 Å². The van der Waals surface area contributed by atoms with Gasteiger partial charge in [0.15, 0.2) is 5.43 Å². The minimum Gasteiger partial charge on any atom is -0.463 e. The van der Waals surface area contributed by atoms with E-state index in [0.717, 1.165) is 6.08 Å². The van der Waals surface area contributed by atoms with Crippen LogP contribution in [0.2, 0.25) is 0 Å². The van der Waals surface area contributed by atoms with Crippen molar-refractivity contribution in [3.05, 3.63) is 117 Å². The number of allylic oxidation sites excluding steroid dienone is 1. The van der Waals surface area contributed by atoms with Crippen molar-refractivity contribution in [2.75, 3.05) is 0 Å². The lowest BCUT2D eigenvalue weighted by molar-refractivity contribution is 0.104. The summed E-state index contributed by atoms with van der Waals surface area (Å²) in [4.78, 5) is 25.5. The normalized spacial score (nSPS) is 12.1. The molecule has 0 spiro atoms. The summed E-state index contributed by atoms with van der Waals surface area (Å²) >= 11 is 0. The van der Waals surface area contributed by atoms with Gasteiger partial charge in [-0.2, -0.15) is 0 Å². The maximum atomic E-state index is 13.3. The zero-order chi connectivity index (χ0) is 21.1. The van der Waals surface area contributed by atoms with Gasteiger partial charge >= 0.3 is 0 Å². The van der Waals surface area contributed by atoms with E-state index in [-0.39, 0.29) is 16.0 Å². The first-order chi connectivity index (χ1) is 14.5. The van der Waals surface area contributed by atoms with E-state index in [1.807, 2.05) is 0 Å². The van der Waals surface area contributed by atoms with Crippen LogP contribution in [0.1, 0.15) is 15.9 Å². The van der Waals surface area contributed by atoms with Crippen LogP contribution in [-0.2, 0) is 9.84 Å². The summed E-state index contributed by atoms with van der Waals surface area (Å²) in [6, 6.07) is 22.3. The Hall–Kier alpha value is -3.77. The summed E-state index contributed by atoms with van der Waals surface area (Å²) in [6.45, 7) is 0. The van der Waals surface area contributed by atoms with Crippen LogP contribution in [0.3, 0.4) is 0 Å². The molecular weight excluding hydrogens is 400 g/mol. The Kier molecular flexibility index (Phi) is 5.16. The van der Waals surface area contributed by atoms with Crippen molar-refractivity contribution in [3.8, 4) is 0 Å². The molecule has 5 nitrogen and oxygen atoms in total. The van der Waals surface area contributed by atoms with Crippen molar-refractivity contribution in [1.82, 2.24) is 0 Å². The summed E-state index contributed by atoms with van der Waals surface area (Å²) in [7, 11) is -4.19. The van der Waals surface area contributed by atoms with Crippen molar-refractivity contribution in [2.45, 2.75) is 4.90 Å². The Morgan fingerprint density at radius 3 is 2.10 bits per heavy atom. The molecule has 0 saturated heterocycles. The largest absolute Gasteiger partial charge is 0.463 e. The van der Waals surface area contributed by atoms with Crippen molar-refractivity contribution < 1.29 is 17.6 Å². The van der Waals surface area contributed by atoms with E-state index in [1.165, 1.54) is 30.5 Å². The Morgan fingerprint density at radius 2 is 1.40 bits per heavy atom. The molecule has 0 bridgehead atoms. The van der Waals surface area contributed by atoms with Gasteiger partial charge < -0.3 is 4.42 Å². The van der Waals surface area contributed by atoms with E-state index in [1.54, 1.807) is 60.7 Å². The van der Waals surface area contributed by atoms with Crippen molar-refractivity contribution in [2.24, 2.45) is 0 Å². The lowest BCUT2D eigenvalue weighted by Crippen LogP contribution is -2.16. The molecule has 6 heteroatoms. The van der Waals surface area contributed by atoms with Gasteiger partial charge in [-0.1, -0.05) is 60.7 Å². The number of hydrogen-bond donors (Lipinski definition) is 0. The second kappa shape index (κ2) is 7.93. The van der Waals surface area contributed by atoms with E-state index in [2.05, 4.69) is 0 Å². The highest BCUT2D eigenvalue weighted by Gasteiger charge is 2.28. The molecule has 0 fully saturated rings. The molecule has 4 rings (SSSR count). The number of carbonyl (C=O) groups is 1. The Morgan fingerprint density at radius 1 is 0.800 bits per heavy atom. The standard InChI is InChI=1S/C24H16O5S/c25-23-18(16-29-21-14-8-7-13-20(21)23)15-22(24(26)17-9-3-1-4-10-17)30(27,28)19-11-5-2-6-12-19/h1-16H/b22-15+. The van der Waals surface area contributed by atoms with Gasteiger partial charge in [0.25, 0.3) is 0 Å². The lowest BCUT2D eigenvalue weighted by Gasteiger charge is -2.09. The van der Waals surface area contributed by atoms with Crippen LogP contribution < -0.4 is 5.43 Å².